The molecule has 2 amide bonds. The molecule has 3 rings (SSSR count). The molecule has 1 saturated carbocycles. The van der Waals surface area contributed by atoms with E-state index in [0.29, 0.717) is 31.1 Å². The van der Waals surface area contributed by atoms with Gasteiger partial charge in [-0.05, 0) is 31.2 Å². The van der Waals surface area contributed by atoms with E-state index in [2.05, 4.69) is 10.2 Å². The van der Waals surface area contributed by atoms with Crippen molar-refractivity contribution in [1.82, 2.24) is 15.1 Å². The molecule has 1 aromatic rings. The summed E-state index contributed by atoms with van der Waals surface area (Å²) in [6, 6.07) is 1.92. The van der Waals surface area contributed by atoms with Crippen LogP contribution in [0.5, 0.6) is 0 Å². The van der Waals surface area contributed by atoms with Crippen LogP contribution in [0.1, 0.15) is 67.0 Å². The van der Waals surface area contributed by atoms with Gasteiger partial charge < -0.3 is 10.6 Å². The first kappa shape index (κ1) is 15.1. The van der Waals surface area contributed by atoms with Crippen LogP contribution in [0.25, 0.3) is 0 Å². The number of likely N-dealkylation sites (tertiary alicyclic amines) is 1. The Morgan fingerprint density at radius 3 is 2.77 bits per heavy atom. The first-order chi connectivity index (χ1) is 10.6. The average molecular weight is 304 g/mol. The molecule has 22 heavy (non-hydrogen) atoms. The Bertz CT molecular complexity index is 548. The number of amides is 2. The van der Waals surface area contributed by atoms with Gasteiger partial charge in [-0.3, -0.25) is 14.7 Å². The fourth-order valence-electron chi connectivity index (χ4n) is 3.70. The topological polar surface area (TPSA) is 92.1 Å². The number of nitrogens with zero attached hydrogens (tertiary/aromatic N) is 2. The number of hydrogen-bond acceptors (Lipinski definition) is 3. The molecule has 0 bridgehead atoms. The smallest absolute Gasteiger partial charge is 0.274 e. The second-order valence-corrected chi connectivity index (χ2v) is 6.62. The Kier molecular flexibility index (Phi) is 4.45. The molecule has 2 aliphatic rings. The second kappa shape index (κ2) is 6.50. The second-order valence-electron chi connectivity index (χ2n) is 6.62. The molecule has 1 aromatic heterocycles. The van der Waals surface area contributed by atoms with E-state index in [-0.39, 0.29) is 17.7 Å². The molecule has 2 heterocycles. The Labute approximate surface area is 130 Å². The summed E-state index contributed by atoms with van der Waals surface area (Å²) < 4.78 is 0. The number of carbonyl (C=O) groups excluding carboxylic acids is 2. The van der Waals surface area contributed by atoms with Crippen LogP contribution in [0.3, 0.4) is 0 Å². The van der Waals surface area contributed by atoms with Gasteiger partial charge in [0.05, 0.1) is 0 Å². The van der Waals surface area contributed by atoms with Crippen molar-refractivity contribution in [2.45, 2.75) is 50.9 Å². The molecular weight excluding hydrogens is 280 g/mol. The van der Waals surface area contributed by atoms with Gasteiger partial charge >= 0.3 is 0 Å². The minimum absolute atomic E-state index is 0.0368. The largest absolute Gasteiger partial charge is 0.370 e. The fraction of sp³-hybridized carbons (Fsp3) is 0.688. The van der Waals surface area contributed by atoms with Gasteiger partial charge in [-0.25, -0.2) is 0 Å². The van der Waals surface area contributed by atoms with Crippen LogP contribution in [-0.2, 0) is 4.79 Å². The maximum atomic E-state index is 12.5. The maximum absolute atomic E-state index is 12.5. The number of aromatic amines is 1. The van der Waals surface area contributed by atoms with E-state index >= 15 is 0 Å². The van der Waals surface area contributed by atoms with E-state index in [1.54, 1.807) is 4.90 Å². The Morgan fingerprint density at radius 1 is 1.27 bits per heavy atom. The first-order valence-electron chi connectivity index (χ1n) is 8.26. The number of H-pyrrole nitrogens is 1. The van der Waals surface area contributed by atoms with Crippen LogP contribution in [0.4, 0.5) is 0 Å². The first-order valence-corrected chi connectivity index (χ1v) is 8.26. The molecule has 6 nitrogen and oxygen atoms in total. The van der Waals surface area contributed by atoms with Gasteiger partial charge in [0.25, 0.3) is 5.91 Å². The van der Waals surface area contributed by atoms with Gasteiger partial charge in [0.1, 0.15) is 5.69 Å². The molecule has 1 atom stereocenters. The maximum Gasteiger partial charge on any atom is 0.274 e. The molecule has 3 N–H and O–H groups in total. The van der Waals surface area contributed by atoms with Crippen LogP contribution in [0, 0.1) is 5.92 Å². The highest BCUT2D eigenvalue weighted by molar-refractivity contribution is 5.92. The minimum atomic E-state index is -0.293. The summed E-state index contributed by atoms with van der Waals surface area (Å²) in [6.45, 7) is 1.29. The Balaban J connectivity index is 1.61. The normalized spacial score (nSPS) is 22.9. The van der Waals surface area contributed by atoms with Gasteiger partial charge in [0.15, 0.2) is 0 Å². The van der Waals surface area contributed by atoms with Gasteiger partial charge in [0.2, 0.25) is 5.91 Å². The number of aromatic nitrogens is 2. The lowest BCUT2D eigenvalue weighted by Gasteiger charge is -2.19. The third-order valence-corrected chi connectivity index (χ3v) is 4.92. The van der Waals surface area contributed by atoms with E-state index in [1.165, 1.54) is 32.1 Å². The Morgan fingerprint density at radius 2 is 2.05 bits per heavy atom. The summed E-state index contributed by atoms with van der Waals surface area (Å²) in [4.78, 5) is 25.3. The molecule has 1 aliphatic carbocycles. The van der Waals surface area contributed by atoms with Gasteiger partial charge in [-0.1, -0.05) is 19.3 Å². The zero-order valence-corrected chi connectivity index (χ0v) is 12.9. The summed E-state index contributed by atoms with van der Waals surface area (Å²) in [7, 11) is 0. The lowest BCUT2D eigenvalue weighted by atomic mass is 9.87. The van der Waals surface area contributed by atoms with Gasteiger partial charge in [0, 0.05) is 31.1 Å². The van der Waals surface area contributed by atoms with Crippen molar-refractivity contribution < 1.29 is 9.59 Å². The molecule has 0 radical (unpaired) electrons. The number of rotatable bonds is 4. The molecule has 1 saturated heterocycles. The monoisotopic (exact) mass is 304 g/mol. The third kappa shape index (κ3) is 3.31. The minimum Gasteiger partial charge on any atom is -0.370 e. The van der Waals surface area contributed by atoms with E-state index in [0.717, 1.165) is 12.1 Å². The third-order valence-electron chi connectivity index (χ3n) is 4.92. The van der Waals surface area contributed by atoms with Crippen LogP contribution >= 0.6 is 0 Å². The van der Waals surface area contributed by atoms with Crippen molar-refractivity contribution >= 4 is 11.8 Å². The summed E-state index contributed by atoms with van der Waals surface area (Å²) >= 11 is 0. The molecular formula is C16H24N4O2. The van der Waals surface area contributed by atoms with Crippen LogP contribution in [0.15, 0.2) is 6.07 Å². The van der Waals surface area contributed by atoms with Gasteiger partial charge in [-0.15, -0.1) is 0 Å². The van der Waals surface area contributed by atoms with Crippen LogP contribution in [-0.4, -0.2) is 40.0 Å². The van der Waals surface area contributed by atoms with E-state index in [1.807, 2.05) is 6.07 Å². The number of hydrogen-bond donors (Lipinski definition) is 2. The van der Waals surface area contributed by atoms with Crippen LogP contribution < -0.4 is 5.73 Å². The van der Waals surface area contributed by atoms with Crippen molar-refractivity contribution in [3.05, 3.63) is 17.5 Å². The fourth-order valence-corrected chi connectivity index (χ4v) is 3.70. The summed E-state index contributed by atoms with van der Waals surface area (Å²) in [5, 5.41) is 7.27. The Hall–Kier alpha value is -1.85. The molecule has 2 fully saturated rings. The quantitative estimate of drug-likeness (QED) is 0.888. The van der Waals surface area contributed by atoms with Crippen LogP contribution in [0.2, 0.25) is 0 Å². The molecule has 6 heteroatoms. The molecule has 120 valence electrons. The highest BCUT2D eigenvalue weighted by Gasteiger charge is 2.29. The van der Waals surface area contributed by atoms with E-state index in [9.17, 15) is 9.59 Å². The van der Waals surface area contributed by atoms with Gasteiger partial charge in [-0.2, -0.15) is 5.10 Å². The summed E-state index contributed by atoms with van der Waals surface area (Å²) in [5.74, 6) is 0.381. The van der Waals surface area contributed by atoms with Crippen molar-refractivity contribution in [3.8, 4) is 0 Å². The summed E-state index contributed by atoms with van der Waals surface area (Å²) in [6.07, 6.45) is 7.39. The van der Waals surface area contributed by atoms with Crippen molar-refractivity contribution in [2.24, 2.45) is 11.7 Å². The zero-order valence-electron chi connectivity index (χ0n) is 12.9. The number of nitrogens with two attached hydrogens (primary N) is 1. The van der Waals surface area contributed by atoms with E-state index < -0.39 is 0 Å². The number of nitrogens with one attached hydrogen (secondary N) is 1. The highest BCUT2D eigenvalue weighted by atomic mass is 16.2. The highest BCUT2D eigenvalue weighted by Crippen LogP contribution is 2.32. The summed E-state index contributed by atoms with van der Waals surface area (Å²) in [5.41, 5.74) is 6.82. The molecule has 0 spiro atoms. The number of carbonyl (C=O) groups is 2. The lowest BCUT2D eigenvalue weighted by molar-refractivity contribution is -0.118. The lowest BCUT2D eigenvalue weighted by Crippen LogP contribution is -2.29. The van der Waals surface area contributed by atoms with Crippen molar-refractivity contribution in [2.75, 3.05) is 13.1 Å². The number of primary amides is 1. The SMILES string of the molecule is NC(=O)CC1CCN(C(=O)c2cc(C3CCCCC3)[nH]n2)C1. The molecule has 1 aliphatic heterocycles. The van der Waals surface area contributed by atoms with Crippen molar-refractivity contribution in [3.63, 3.8) is 0 Å². The standard InChI is InChI=1S/C16H24N4O2/c17-15(21)8-11-6-7-20(10-11)16(22)14-9-13(18-19-14)12-4-2-1-3-5-12/h9,11-12H,1-8,10H2,(H2,17,21)(H,18,19). The molecule has 1 unspecified atom stereocenters. The predicted octanol–water partition coefficient (Wildman–Crippen LogP) is 1.79. The zero-order chi connectivity index (χ0) is 15.5. The average Bonchev–Trinajstić information content (AvgIpc) is 3.16. The van der Waals surface area contributed by atoms with Crippen molar-refractivity contribution in [1.29, 1.82) is 0 Å². The predicted molar refractivity (Wildman–Crippen MR) is 82.2 cm³/mol. The molecule has 0 aromatic carbocycles. The van der Waals surface area contributed by atoms with E-state index in [4.69, 9.17) is 5.73 Å².